The molecule has 0 spiro atoms. The van der Waals surface area contributed by atoms with Crippen molar-refractivity contribution in [1.82, 2.24) is 25.4 Å². The van der Waals surface area contributed by atoms with Crippen molar-refractivity contribution < 1.29 is 17.7 Å². The van der Waals surface area contributed by atoms with Crippen molar-refractivity contribution in [3.8, 4) is 11.4 Å². The molecule has 4 rings (SSSR count). The Bertz CT molecular complexity index is 685. The summed E-state index contributed by atoms with van der Waals surface area (Å²) in [7, 11) is 0. The van der Waals surface area contributed by atoms with Gasteiger partial charge in [-0.25, -0.2) is 9.97 Å². The van der Waals surface area contributed by atoms with Gasteiger partial charge in [0.25, 0.3) is 0 Å². The van der Waals surface area contributed by atoms with E-state index in [4.69, 9.17) is 0 Å². The van der Waals surface area contributed by atoms with Crippen LogP contribution in [-0.2, 0) is 6.18 Å². The molecule has 0 saturated carbocycles. The minimum absolute atomic E-state index is 0.177. The van der Waals surface area contributed by atoms with Crippen LogP contribution in [0.1, 0.15) is 12.3 Å². The standard InChI is InChI=1S/C12H11F3N6O/c13-12(14,15)10-19-9(20-22-10)6-2-17-11(18-3-6)21-5-7-1-8(21)4-16-7/h2-3,7-8,16H,1,4-5H2. The van der Waals surface area contributed by atoms with E-state index in [0.29, 0.717) is 18.0 Å². The molecule has 2 saturated heterocycles. The van der Waals surface area contributed by atoms with E-state index in [1.807, 2.05) is 0 Å². The number of rotatable bonds is 2. The lowest BCUT2D eigenvalue weighted by molar-refractivity contribution is -0.159. The van der Waals surface area contributed by atoms with Gasteiger partial charge < -0.3 is 14.7 Å². The Kier molecular flexibility index (Phi) is 2.83. The number of hydrogen-bond acceptors (Lipinski definition) is 7. The molecular weight excluding hydrogens is 301 g/mol. The lowest BCUT2D eigenvalue weighted by Gasteiger charge is -2.27. The first kappa shape index (κ1) is 13.4. The Morgan fingerprint density at radius 1 is 1.27 bits per heavy atom. The highest BCUT2D eigenvalue weighted by Gasteiger charge is 2.39. The van der Waals surface area contributed by atoms with Crippen LogP contribution in [0.5, 0.6) is 0 Å². The fraction of sp³-hybridized carbons (Fsp3) is 0.500. The molecule has 2 atom stereocenters. The number of fused-ring (bicyclic) bond motifs is 2. The van der Waals surface area contributed by atoms with Crippen LogP contribution in [0.25, 0.3) is 11.4 Å². The molecule has 2 bridgehead atoms. The van der Waals surface area contributed by atoms with Crippen LogP contribution >= 0.6 is 0 Å². The summed E-state index contributed by atoms with van der Waals surface area (Å²) in [6.45, 7) is 1.74. The largest absolute Gasteiger partial charge is 0.471 e. The quantitative estimate of drug-likeness (QED) is 0.889. The summed E-state index contributed by atoms with van der Waals surface area (Å²) < 4.78 is 41.5. The minimum Gasteiger partial charge on any atom is -0.335 e. The van der Waals surface area contributed by atoms with Crippen molar-refractivity contribution in [2.75, 3.05) is 18.0 Å². The van der Waals surface area contributed by atoms with Gasteiger partial charge in [-0.15, -0.1) is 0 Å². The molecule has 1 N–H and O–H groups in total. The molecule has 7 nitrogen and oxygen atoms in total. The van der Waals surface area contributed by atoms with Gasteiger partial charge in [-0.3, -0.25) is 0 Å². The predicted molar refractivity (Wildman–Crippen MR) is 67.9 cm³/mol. The van der Waals surface area contributed by atoms with E-state index in [0.717, 1.165) is 19.5 Å². The Morgan fingerprint density at radius 2 is 2.05 bits per heavy atom. The third-order valence-corrected chi connectivity index (χ3v) is 3.88. The van der Waals surface area contributed by atoms with E-state index >= 15 is 0 Å². The topological polar surface area (TPSA) is 80.0 Å². The molecular formula is C12H11F3N6O. The van der Waals surface area contributed by atoms with E-state index in [9.17, 15) is 13.2 Å². The molecule has 2 aliphatic rings. The molecule has 2 aliphatic heterocycles. The first-order chi connectivity index (χ1) is 10.5. The van der Waals surface area contributed by atoms with Crippen LogP contribution in [0.3, 0.4) is 0 Å². The molecule has 2 aromatic heterocycles. The number of piperazine rings is 1. The molecule has 4 heterocycles. The van der Waals surface area contributed by atoms with Gasteiger partial charge in [0, 0.05) is 37.6 Å². The lowest BCUT2D eigenvalue weighted by atomic mass is 10.2. The molecule has 0 aromatic carbocycles. The van der Waals surface area contributed by atoms with E-state index in [-0.39, 0.29) is 11.4 Å². The number of anilines is 1. The summed E-state index contributed by atoms with van der Waals surface area (Å²) in [5.41, 5.74) is 0.283. The maximum Gasteiger partial charge on any atom is 0.471 e. The Morgan fingerprint density at radius 3 is 2.59 bits per heavy atom. The van der Waals surface area contributed by atoms with Crippen molar-refractivity contribution in [3.63, 3.8) is 0 Å². The van der Waals surface area contributed by atoms with Crippen molar-refractivity contribution in [1.29, 1.82) is 0 Å². The van der Waals surface area contributed by atoms with Crippen LogP contribution in [0.2, 0.25) is 0 Å². The highest BCUT2D eigenvalue weighted by molar-refractivity contribution is 5.53. The van der Waals surface area contributed by atoms with Gasteiger partial charge in [0.2, 0.25) is 11.8 Å². The molecule has 0 amide bonds. The Labute approximate surface area is 122 Å². The molecule has 22 heavy (non-hydrogen) atoms. The van der Waals surface area contributed by atoms with Gasteiger partial charge in [0.05, 0.1) is 5.56 Å². The van der Waals surface area contributed by atoms with E-state index in [1.165, 1.54) is 12.4 Å². The monoisotopic (exact) mass is 312 g/mol. The number of alkyl halides is 3. The molecule has 0 radical (unpaired) electrons. The number of hydrogen-bond donors (Lipinski definition) is 1. The number of nitrogens with one attached hydrogen (secondary N) is 1. The Balaban J connectivity index is 1.56. The molecule has 10 heteroatoms. The minimum atomic E-state index is -4.66. The SMILES string of the molecule is FC(F)(F)c1nc(-c2cnc(N3CC4CC3CN4)nc2)no1. The average Bonchev–Trinajstić information content (AvgIpc) is 3.22. The Hall–Kier alpha value is -2.23. The van der Waals surface area contributed by atoms with Crippen molar-refractivity contribution >= 4 is 5.95 Å². The predicted octanol–water partition coefficient (Wildman–Crippen LogP) is 1.10. The number of aromatic nitrogens is 4. The number of halogens is 3. The van der Waals surface area contributed by atoms with Crippen LogP contribution in [0.4, 0.5) is 19.1 Å². The summed E-state index contributed by atoms with van der Waals surface area (Å²) in [5, 5.41) is 6.68. The maximum atomic E-state index is 12.4. The van der Waals surface area contributed by atoms with E-state index < -0.39 is 12.1 Å². The zero-order chi connectivity index (χ0) is 15.3. The van der Waals surface area contributed by atoms with Gasteiger partial charge in [-0.05, 0) is 6.42 Å². The van der Waals surface area contributed by atoms with Gasteiger partial charge in [0.1, 0.15) is 0 Å². The molecule has 0 aliphatic carbocycles. The van der Waals surface area contributed by atoms with Crippen molar-refractivity contribution in [3.05, 3.63) is 18.3 Å². The fourth-order valence-corrected chi connectivity index (χ4v) is 2.85. The highest BCUT2D eigenvalue weighted by atomic mass is 19.4. The molecule has 116 valence electrons. The second kappa shape index (κ2) is 4.63. The van der Waals surface area contributed by atoms with Gasteiger partial charge in [-0.2, -0.15) is 18.2 Å². The zero-order valence-electron chi connectivity index (χ0n) is 11.2. The molecule has 2 aromatic rings. The number of nitrogens with zero attached hydrogens (tertiary/aromatic N) is 5. The molecule has 2 unspecified atom stereocenters. The second-order valence-electron chi connectivity index (χ2n) is 5.34. The smallest absolute Gasteiger partial charge is 0.335 e. The fourth-order valence-electron chi connectivity index (χ4n) is 2.85. The maximum absolute atomic E-state index is 12.4. The summed E-state index contributed by atoms with van der Waals surface area (Å²) in [5.74, 6) is -0.990. The third kappa shape index (κ3) is 2.19. The van der Waals surface area contributed by atoms with Crippen LogP contribution in [0.15, 0.2) is 16.9 Å². The van der Waals surface area contributed by atoms with Crippen molar-refractivity contribution in [2.45, 2.75) is 24.7 Å². The highest BCUT2D eigenvalue weighted by Crippen LogP contribution is 2.30. The van der Waals surface area contributed by atoms with Crippen molar-refractivity contribution in [2.24, 2.45) is 0 Å². The van der Waals surface area contributed by atoms with Gasteiger partial charge in [-0.1, -0.05) is 5.16 Å². The van der Waals surface area contributed by atoms with E-state index in [2.05, 4.69) is 34.8 Å². The summed E-state index contributed by atoms with van der Waals surface area (Å²) in [6, 6.07) is 0.831. The second-order valence-corrected chi connectivity index (χ2v) is 5.34. The lowest BCUT2D eigenvalue weighted by Crippen LogP contribution is -2.44. The van der Waals surface area contributed by atoms with Crippen LogP contribution in [0, 0.1) is 0 Å². The van der Waals surface area contributed by atoms with Gasteiger partial charge in [0.15, 0.2) is 0 Å². The third-order valence-electron chi connectivity index (χ3n) is 3.88. The zero-order valence-corrected chi connectivity index (χ0v) is 11.2. The average molecular weight is 312 g/mol. The van der Waals surface area contributed by atoms with Crippen LogP contribution in [-0.4, -0.2) is 45.3 Å². The van der Waals surface area contributed by atoms with Gasteiger partial charge >= 0.3 is 12.1 Å². The first-order valence-corrected chi connectivity index (χ1v) is 6.74. The summed E-state index contributed by atoms with van der Waals surface area (Å²) >= 11 is 0. The normalized spacial score (nSPS) is 24.2. The first-order valence-electron chi connectivity index (χ1n) is 6.74. The van der Waals surface area contributed by atoms with Crippen LogP contribution < -0.4 is 10.2 Å². The molecule has 2 fully saturated rings. The summed E-state index contributed by atoms with van der Waals surface area (Å²) in [4.78, 5) is 13.8. The summed E-state index contributed by atoms with van der Waals surface area (Å²) in [6.07, 6.45) is -0.780. The van der Waals surface area contributed by atoms with E-state index in [1.54, 1.807) is 0 Å².